The molecule has 0 saturated carbocycles. The van der Waals surface area contributed by atoms with Crippen molar-refractivity contribution in [3.8, 4) is 5.75 Å². The summed E-state index contributed by atoms with van der Waals surface area (Å²) in [5.41, 5.74) is 2.75. The highest BCUT2D eigenvalue weighted by molar-refractivity contribution is 5.66. The standard InChI is InChI=1S/C14H18O3/c1-17-12-7-8-13-10(3-2-4-14(15)16)5-6-11(13)9-12/h7-10H,2-6H2,1H3,(H,15,16). The molecule has 3 nitrogen and oxygen atoms in total. The van der Waals surface area contributed by atoms with Gasteiger partial charge >= 0.3 is 5.97 Å². The number of ether oxygens (including phenoxy) is 1. The second-order valence-electron chi connectivity index (χ2n) is 4.59. The Kier molecular flexibility index (Phi) is 3.67. The van der Waals surface area contributed by atoms with Gasteiger partial charge in [0.15, 0.2) is 0 Å². The first-order valence-electron chi connectivity index (χ1n) is 6.09. The Hall–Kier alpha value is -1.51. The average molecular weight is 234 g/mol. The highest BCUT2D eigenvalue weighted by atomic mass is 16.5. The molecule has 0 aliphatic heterocycles. The fourth-order valence-corrected chi connectivity index (χ4v) is 2.61. The molecule has 3 heteroatoms. The van der Waals surface area contributed by atoms with Crippen molar-refractivity contribution in [2.45, 2.75) is 38.0 Å². The summed E-state index contributed by atoms with van der Waals surface area (Å²) >= 11 is 0. The summed E-state index contributed by atoms with van der Waals surface area (Å²) in [6.45, 7) is 0. The van der Waals surface area contributed by atoms with E-state index >= 15 is 0 Å². The molecule has 1 unspecified atom stereocenters. The van der Waals surface area contributed by atoms with Gasteiger partial charge in [0.1, 0.15) is 5.75 Å². The molecule has 0 amide bonds. The zero-order valence-electron chi connectivity index (χ0n) is 10.1. The van der Waals surface area contributed by atoms with E-state index in [1.165, 1.54) is 11.1 Å². The van der Waals surface area contributed by atoms with Gasteiger partial charge in [0.05, 0.1) is 7.11 Å². The third kappa shape index (κ3) is 2.78. The van der Waals surface area contributed by atoms with Gasteiger partial charge < -0.3 is 9.84 Å². The predicted molar refractivity (Wildman–Crippen MR) is 65.5 cm³/mol. The topological polar surface area (TPSA) is 46.5 Å². The first-order chi connectivity index (χ1) is 8.20. The zero-order valence-corrected chi connectivity index (χ0v) is 10.1. The van der Waals surface area contributed by atoms with Gasteiger partial charge in [0.25, 0.3) is 0 Å². The number of aliphatic carboxylic acids is 1. The lowest BCUT2D eigenvalue weighted by Crippen LogP contribution is -1.98. The van der Waals surface area contributed by atoms with Crippen molar-refractivity contribution in [2.75, 3.05) is 7.11 Å². The maximum atomic E-state index is 10.5. The Morgan fingerprint density at radius 3 is 3.06 bits per heavy atom. The van der Waals surface area contributed by atoms with Crippen LogP contribution in [0.3, 0.4) is 0 Å². The monoisotopic (exact) mass is 234 g/mol. The molecule has 17 heavy (non-hydrogen) atoms. The van der Waals surface area contributed by atoms with Crippen molar-refractivity contribution in [1.29, 1.82) is 0 Å². The van der Waals surface area contributed by atoms with E-state index in [0.717, 1.165) is 31.4 Å². The number of carboxylic acids is 1. The van der Waals surface area contributed by atoms with Gasteiger partial charge in [0.2, 0.25) is 0 Å². The smallest absolute Gasteiger partial charge is 0.303 e. The van der Waals surface area contributed by atoms with Crippen LogP contribution in [0.2, 0.25) is 0 Å². The maximum absolute atomic E-state index is 10.5. The first-order valence-corrected chi connectivity index (χ1v) is 6.09. The Balaban J connectivity index is 1.99. The van der Waals surface area contributed by atoms with Gasteiger partial charge in [-0.2, -0.15) is 0 Å². The fourth-order valence-electron chi connectivity index (χ4n) is 2.61. The molecule has 0 radical (unpaired) electrons. The van der Waals surface area contributed by atoms with E-state index in [2.05, 4.69) is 12.1 Å². The van der Waals surface area contributed by atoms with Gasteiger partial charge in [-0.15, -0.1) is 0 Å². The summed E-state index contributed by atoms with van der Waals surface area (Å²) in [5, 5.41) is 8.63. The van der Waals surface area contributed by atoms with E-state index in [9.17, 15) is 4.79 Å². The minimum absolute atomic E-state index is 0.280. The van der Waals surface area contributed by atoms with Gasteiger partial charge in [-0.3, -0.25) is 4.79 Å². The van der Waals surface area contributed by atoms with E-state index in [-0.39, 0.29) is 6.42 Å². The first kappa shape index (κ1) is 12.0. The second-order valence-corrected chi connectivity index (χ2v) is 4.59. The molecule has 1 aliphatic carbocycles. The van der Waals surface area contributed by atoms with Crippen LogP contribution in [-0.2, 0) is 11.2 Å². The zero-order chi connectivity index (χ0) is 12.3. The second kappa shape index (κ2) is 5.21. The normalized spacial score (nSPS) is 17.8. The molecule has 0 aromatic heterocycles. The number of fused-ring (bicyclic) bond motifs is 1. The molecule has 0 spiro atoms. The number of methoxy groups -OCH3 is 1. The molecular weight excluding hydrogens is 216 g/mol. The summed E-state index contributed by atoms with van der Waals surface area (Å²) in [4.78, 5) is 10.5. The molecule has 0 saturated heterocycles. The highest BCUT2D eigenvalue weighted by Gasteiger charge is 2.22. The van der Waals surface area contributed by atoms with Crippen LogP contribution >= 0.6 is 0 Å². The number of carbonyl (C=O) groups is 1. The van der Waals surface area contributed by atoms with Gasteiger partial charge in [-0.1, -0.05) is 6.07 Å². The van der Waals surface area contributed by atoms with Gasteiger partial charge in [-0.05, 0) is 54.9 Å². The SMILES string of the molecule is COc1ccc2c(c1)CCC2CCCC(=O)O. The Bertz CT molecular complexity index is 412. The number of benzene rings is 1. The average Bonchev–Trinajstić information content (AvgIpc) is 2.71. The summed E-state index contributed by atoms with van der Waals surface area (Å²) in [6.07, 6.45) is 4.26. The quantitative estimate of drug-likeness (QED) is 0.852. The molecule has 1 atom stereocenters. The third-order valence-electron chi connectivity index (χ3n) is 3.50. The van der Waals surface area contributed by atoms with Crippen molar-refractivity contribution in [3.63, 3.8) is 0 Å². The maximum Gasteiger partial charge on any atom is 0.303 e. The van der Waals surface area contributed by atoms with Crippen LogP contribution in [0, 0.1) is 0 Å². The largest absolute Gasteiger partial charge is 0.497 e. The van der Waals surface area contributed by atoms with Crippen molar-refractivity contribution in [1.82, 2.24) is 0 Å². The molecule has 1 N–H and O–H groups in total. The predicted octanol–water partition coefficient (Wildman–Crippen LogP) is 2.98. The Morgan fingerprint density at radius 2 is 2.35 bits per heavy atom. The van der Waals surface area contributed by atoms with Crippen molar-refractivity contribution >= 4 is 5.97 Å². The van der Waals surface area contributed by atoms with E-state index in [1.54, 1.807) is 7.11 Å². The minimum Gasteiger partial charge on any atom is -0.497 e. The van der Waals surface area contributed by atoms with Crippen molar-refractivity contribution in [2.24, 2.45) is 0 Å². The summed E-state index contributed by atoms with van der Waals surface area (Å²) in [5.74, 6) is 0.753. The van der Waals surface area contributed by atoms with Crippen molar-refractivity contribution < 1.29 is 14.6 Å². The summed E-state index contributed by atoms with van der Waals surface area (Å²) in [7, 11) is 1.68. The van der Waals surface area contributed by atoms with E-state index in [4.69, 9.17) is 9.84 Å². The van der Waals surface area contributed by atoms with E-state index < -0.39 is 5.97 Å². The number of aryl methyl sites for hydroxylation is 1. The van der Waals surface area contributed by atoms with Gasteiger partial charge in [-0.25, -0.2) is 0 Å². The van der Waals surface area contributed by atoms with E-state index in [1.807, 2.05) is 6.07 Å². The van der Waals surface area contributed by atoms with Crippen LogP contribution in [0.5, 0.6) is 5.75 Å². The number of carboxylic acid groups (broad SMARTS) is 1. The van der Waals surface area contributed by atoms with Crippen molar-refractivity contribution in [3.05, 3.63) is 29.3 Å². The molecule has 1 aromatic rings. The van der Waals surface area contributed by atoms with Crippen LogP contribution in [0.1, 0.15) is 42.7 Å². The molecule has 92 valence electrons. The minimum atomic E-state index is -0.696. The highest BCUT2D eigenvalue weighted by Crippen LogP contribution is 2.38. The van der Waals surface area contributed by atoms with Gasteiger partial charge in [0, 0.05) is 6.42 Å². The third-order valence-corrected chi connectivity index (χ3v) is 3.50. The Morgan fingerprint density at radius 1 is 1.53 bits per heavy atom. The summed E-state index contributed by atoms with van der Waals surface area (Å²) < 4.78 is 5.21. The summed E-state index contributed by atoms with van der Waals surface area (Å²) in [6, 6.07) is 6.23. The molecule has 1 aromatic carbocycles. The molecule has 0 heterocycles. The molecular formula is C14H18O3. The van der Waals surface area contributed by atoms with E-state index in [0.29, 0.717) is 5.92 Å². The number of rotatable bonds is 5. The van der Waals surface area contributed by atoms with Crippen LogP contribution in [0.25, 0.3) is 0 Å². The molecule has 1 aliphatic rings. The molecule has 0 fully saturated rings. The lowest BCUT2D eigenvalue weighted by atomic mass is 9.95. The van der Waals surface area contributed by atoms with Crippen LogP contribution in [0.15, 0.2) is 18.2 Å². The van der Waals surface area contributed by atoms with Crippen LogP contribution in [0.4, 0.5) is 0 Å². The lowest BCUT2D eigenvalue weighted by Gasteiger charge is -2.11. The lowest BCUT2D eigenvalue weighted by molar-refractivity contribution is -0.137. The van der Waals surface area contributed by atoms with Crippen LogP contribution in [-0.4, -0.2) is 18.2 Å². The van der Waals surface area contributed by atoms with Crippen LogP contribution < -0.4 is 4.74 Å². The Labute approximate surface area is 101 Å². The molecule has 2 rings (SSSR count). The number of hydrogen-bond acceptors (Lipinski definition) is 2. The molecule has 0 bridgehead atoms. The fraction of sp³-hybridized carbons (Fsp3) is 0.500. The number of hydrogen-bond donors (Lipinski definition) is 1.